The summed E-state index contributed by atoms with van der Waals surface area (Å²) in [5.41, 5.74) is -0.162. The van der Waals surface area contributed by atoms with Crippen LogP contribution in [0.2, 0.25) is 0 Å². The molecule has 7 nitrogen and oxygen atoms in total. The highest BCUT2D eigenvalue weighted by Gasteiger charge is 2.54. The second-order valence-corrected chi connectivity index (χ2v) is 6.29. The van der Waals surface area contributed by atoms with E-state index in [0.29, 0.717) is 30.5 Å². The first-order valence-electron chi connectivity index (χ1n) is 7.04. The molecule has 1 saturated carbocycles. The highest BCUT2D eigenvalue weighted by molar-refractivity contribution is 5.63. The minimum absolute atomic E-state index is 0.0482. The predicted molar refractivity (Wildman–Crippen MR) is 73.9 cm³/mol. The smallest absolute Gasteiger partial charge is 0.333 e. The lowest BCUT2D eigenvalue weighted by atomic mass is 9.88. The number of nitro groups is 1. The van der Waals surface area contributed by atoms with E-state index in [9.17, 15) is 15.2 Å². The van der Waals surface area contributed by atoms with E-state index in [2.05, 4.69) is 5.10 Å². The zero-order valence-electron chi connectivity index (χ0n) is 12.0. The number of aliphatic hydroxyl groups is 1. The fraction of sp³-hybridized carbons (Fsp3) is 0.769. The number of aromatic nitrogens is 2. The molecule has 1 N–H and O–H groups in total. The van der Waals surface area contributed by atoms with E-state index in [1.807, 2.05) is 18.7 Å². The van der Waals surface area contributed by atoms with Gasteiger partial charge in [-0.05, 0) is 39.5 Å². The van der Waals surface area contributed by atoms with Gasteiger partial charge in [-0.25, -0.2) is 4.68 Å². The average Bonchev–Trinajstić information content (AvgIpc) is 3.08. The summed E-state index contributed by atoms with van der Waals surface area (Å²) >= 11 is 0. The number of nitrogens with zero attached hydrogens (tertiary/aromatic N) is 4. The van der Waals surface area contributed by atoms with Crippen LogP contribution in [0.15, 0.2) is 0 Å². The molecule has 0 radical (unpaired) electrons. The van der Waals surface area contributed by atoms with Crippen molar-refractivity contribution in [3.63, 3.8) is 0 Å². The van der Waals surface area contributed by atoms with Gasteiger partial charge in [-0.2, -0.15) is 5.10 Å². The quantitative estimate of drug-likeness (QED) is 0.669. The molecule has 1 aliphatic carbocycles. The van der Waals surface area contributed by atoms with E-state index < -0.39 is 5.60 Å². The Balaban J connectivity index is 1.94. The molecule has 2 heterocycles. The Bertz CT molecular complexity index is 556. The van der Waals surface area contributed by atoms with Crippen molar-refractivity contribution < 1.29 is 10.0 Å². The maximum absolute atomic E-state index is 11.3. The van der Waals surface area contributed by atoms with Crippen molar-refractivity contribution in [1.29, 1.82) is 0 Å². The first-order chi connectivity index (χ1) is 9.33. The molecule has 7 heteroatoms. The highest BCUT2D eigenvalue weighted by Crippen LogP contribution is 2.47. The Labute approximate surface area is 117 Å². The fourth-order valence-corrected chi connectivity index (χ4v) is 3.04. The SMILES string of the molecule is Cc1nn(C(C)C)c(N2CC(O)(C3CC3)C2)c1[N+](=O)[O-]. The summed E-state index contributed by atoms with van der Waals surface area (Å²) in [4.78, 5) is 12.8. The van der Waals surface area contributed by atoms with Gasteiger partial charge in [0.2, 0.25) is 5.82 Å². The van der Waals surface area contributed by atoms with Crippen LogP contribution < -0.4 is 4.90 Å². The topological polar surface area (TPSA) is 84.4 Å². The van der Waals surface area contributed by atoms with Gasteiger partial charge in [0.1, 0.15) is 11.3 Å². The van der Waals surface area contributed by atoms with Gasteiger partial charge in [0.25, 0.3) is 0 Å². The van der Waals surface area contributed by atoms with Crippen LogP contribution in [0.3, 0.4) is 0 Å². The van der Waals surface area contributed by atoms with Crippen molar-refractivity contribution in [3.8, 4) is 0 Å². The second kappa shape index (κ2) is 4.18. The second-order valence-electron chi connectivity index (χ2n) is 6.29. The van der Waals surface area contributed by atoms with Gasteiger partial charge >= 0.3 is 5.69 Å². The van der Waals surface area contributed by atoms with Crippen molar-refractivity contribution >= 4 is 11.5 Å². The summed E-state index contributed by atoms with van der Waals surface area (Å²) in [5.74, 6) is 0.905. The van der Waals surface area contributed by atoms with Crippen molar-refractivity contribution in [1.82, 2.24) is 9.78 Å². The molecule has 0 amide bonds. The number of rotatable bonds is 4. The van der Waals surface area contributed by atoms with Crippen LogP contribution in [0.1, 0.15) is 38.4 Å². The van der Waals surface area contributed by atoms with Crippen molar-refractivity contribution in [2.75, 3.05) is 18.0 Å². The highest BCUT2D eigenvalue weighted by atomic mass is 16.6. The third-order valence-corrected chi connectivity index (χ3v) is 4.27. The third kappa shape index (κ3) is 1.88. The molecular formula is C13H20N4O3. The monoisotopic (exact) mass is 280 g/mol. The number of β-amino-alcohol motifs (C(OH)–C–C–N with tert-alkyl or cyclic N) is 1. The molecule has 110 valence electrons. The standard InChI is InChI=1S/C13H20N4O3/c1-8(2)16-12(11(17(19)20)9(3)14-16)15-6-13(18,7-15)10-4-5-10/h8,10,18H,4-7H2,1-3H3. The first kappa shape index (κ1) is 13.4. The number of hydrogen-bond acceptors (Lipinski definition) is 5. The molecule has 1 aliphatic heterocycles. The molecule has 0 aromatic carbocycles. The zero-order valence-corrected chi connectivity index (χ0v) is 12.0. The summed E-state index contributed by atoms with van der Waals surface area (Å²) in [7, 11) is 0. The van der Waals surface area contributed by atoms with Gasteiger partial charge in [-0.1, -0.05) is 0 Å². The third-order valence-electron chi connectivity index (χ3n) is 4.27. The molecule has 0 spiro atoms. The summed E-state index contributed by atoms with van der Waals surface area (Å²) in [6, 6.07) is 0.0482. The maximum Gasteiger partial charge on any atom is 0.333 e. The van der Waals surface area contributed by atoms with Gasteiger partial charge in [-0.3, -0.25) is 10.1 Å². The van der Waals surface area contributed by atoms with Gasteiger partial charge in [-0.15, -0.1) is 0 Å². The molecule has 0 unspecified atom stereocenters. The van der Waals surface area contributed by atoms with Crippen LogP contribution in [-0.4, -0.2) is 38.5 Å². The lowest BCUT2D eigenvalue weighted by Crippen LogP contribution is -2.64. The summed E-state index contributed by atoms with van der Waals surface area (Å²) in [6.45, 7) is 6.50. The molecule has 0 bridgehead atoms. The van der Waals surface area contributed by atoms with Crippen LogP contribution in [0.25, 0.3) is 0 Å². The molecule has 20 heavy (non-hydrogen) atoms. The number of aryl methyl sites for hydroxylation is 1. The Morgan fingerprint density at radius 1 is 1.45 bits per heavy atom. The lowest BCUT2D eigenvalue weighted by Gasteiger charge is -2.47. The predicted octanol–water partition coefficient (Wildman–Crippen LogP) is 1.64. The molecule has 1 aromatic heterocycles. The Kier molecular flexibility index (Phi) is 2.79. The summed E-state index contributed by atoms with van der Waals surface area (Å²) < 4.78 is 1.69. The van der Waals surface area contributed by atoms with E-state index in [1.165, 1.54) is 0 Å². The molecule has 2 fully saturated rings. The molecule has 2 aliphatic rings. The van der Waals surface area contributed by atoms with E-state index >= 15 is 0 Å². The minimum atomic E-state index is -0.659. The van der Waals surface area contributed by atoms with Crippen LogP contribution in [0.4, 0.5) is 11.5 Å². The van der Waals surface area contributed by atoms with E-state index in [4.69, 9.17) is 0 Å². The Morgan fingerprint density at radius 3 is 2.50 bits per heavy atom. The maximum atomic E-state index is 11.3. The molecule has 0 atom stereocenters. The molecule has 3 rings (SSSR count). The largest absolute Gasteiger partial charge is 0.386 e. The number of hydrogen-bond donors (Lipinski definition) is 1. The molecular weight excluding hydrogens is 260 g/mol. The summed E-state index contributed by atoms with van der Waals surface area (Å²) in [6.07, 6.45) is 2.13. The van der Waals surface area contributed by atoms with E-state index in [1.54, 1.807) is 11.6 Å². The van der Waals surface area contributed by atoms with Gasteiger partial charge < -0.3 is 10.0 Å². The Hall–Kier alpha value is -1.63. The van der Waals surface area contributed by atoms with Crippen molar-refractivity contribution in [2.45, 2.75) is 45.3 Å². The van der Waals surface area contributed by atoms with Gasteiger partial charge in [0.05, 0.1) is 18.0 Å². The summed E-state index contributed by atoms with van der Waals surface area (Å²) in [5, 5.41) is 26.0. The zero-order chi connectivity index (χ0) is 14.7. The average molecular weight is 280 g/mol. The molecule has 1 saturated heterocycles. The minimum Gasteiger partial charge on any atom is -0.386 e. The van der Waals surface area contributed by atoms with Crippen LogP contribution in [0.5, 0.6) is 0 Å². The number of anilines is 1. The van der Waals surface area contributed by atoms with E-state index in [0.717, 1.165) is 12.8 Å². The first-order valence-corrected chi connectivity index (χ1v) is 7.04. The van der Waals surface area contributed by atoms with E-state index in [-0.39, 0.29) is 16.7 Å². The van der Waals surface area contributed by atoms with Gasteiger partial charge in [0.15, 0.2) is 0 Å². The van der Waals surface area contributed by atoms with Crippen molar-refractivity contribution in [3.05, 3.63) is 15.8 Å². The molecule has 1 aromatic rings. The normalized spacial score (nSPS) is 21.1. The Morgan fingerprint density at radius 2 is 2.05 bits per heavy atom. The van der Waals surface area contributed by atoms with Crippen LogP contribution >= 0.6 is 0 Å². The fourth-order valence-electron chi connectivity index (χ4n) is 3.04. The van der Waals surface area contributed by atoms with Crippen molar-refractivity contribution in [2.24, 2.45) is 5.92 Å². The van der Waals surface area contributed by atoms with Crippen LogP contribution in [0, 0.1) is 23.0 Å². The van der Waals surface area contributed by atoms with Gasteiger partial charge in [0, 0.05) is 6.04 Å². The van der Waals surface area contributed by atoms with Crippen LogP contribution in [-0.2, 0) is 0 Å². The lowest BCUT2D eigenvalue weighted by molar-refractivity contribution is -0.384.